The van der Waals surface area contributed by atoms with E-state index >= 15 is 0 Å². The van der Waals surface area contributed by atoms with E-state index in [1.807, 2.05) is 24.3 Å². The third kappa shape index (κ3) is 4.93. The molecule has 0 aromatic heterocycles. The Hall–Kier alpha value is -1.63. The highest BCUT2D eigenvalue weighted by Gasteiger charge is 2.26. The molecule has 0 spiro atoms. The Kier molecular flexibility index (Phi) is 6.60. The number of piperazine rings is 1. The largest absolute Gasteiger partial charge is 0.347 e. The molecule has 7 heteroatoms. The highest BCUT2D eigenvalue weighted by molar-refractivity contribution is 6.30. The van der Waals surface area contributed by atoms with Gasteiger partial charge in [0, 0.05) is 44.8 Å². The van der Waals surface area contributed by atoms with Gasteiger partial charge in [-0.1, -0.05) is 23.7 Å². The molecule has 1 heterocycles. The van der Waals surface area contributed by atoms with Crippen molar-refractivity contribution in [3.63, 3.8) is 0 Å². The fraction of sp³-hybridized carbons (Fsp3) is 0.529. The number of carbonyl (C=O) groups excluding carboxylic acids is 2. The van der Waals surface area contributed by atoms with Crippen LogP contribution < -0.4 is 10.6 Å². The number of benzene rings is 1. The van der Waals surface area contributed by atoms with Crippen LogP contribution in [0.3, 0.4) is 0 Å². The number of nitrogens with one attached hydrogen (secondary N) is 2. The summed E-state index contributed by atoms with van der Waals surface area (Å²) in [5, 5.41) is 6.81. The average Bonchev–Trinajstić information content (AvgIpc) is 2.54. The first-order chi connectivity index (χ1) is 11.4. The highest BCUT2D eigenvalue weighted by Crippen LogP contribution is 2.24. The zero-order valence-electron chi connectivity index (χ0n) is 14.4. The van der Waals surface area contributed by atoms with Crippen molar-refractivity contribution in [3.05, 3.63) is 34.9 Å². The number of likely N-dealkylation sites (N-methyl/N-ethyl adjacent to an activating group) is 1. The van der Waals surface area contributed by atoms with Gasteiger partial charge in [0.2, 0.25) is 11.8 Å². The number of hydrogen-bond acceptors (Lipinski definition) is 4. The standard InChI is InChI=1S/C17H25ClN4O2/c1-12(17(24)21(2)3)20-16(23)11-22-8-7-19-10-15(22)13-5-4-6-14(18)9-13/h4-6,9,12,15,19H,7-8,10-11H2,1-3H3,(H,20,23). The summed E-state index contributed by atoms with van der Waals surface area (Å²) >= 11 is 6.09. The van der Waals surface area contributed by atoms with Crippen molar-refractivity contribution in [3.8, 4) is 0 Å². The van der Waals surface area contributed by atoms with Gasteiger partial charge in [0.25, 0.3) is 0 Å². The van der Waals surface area contributed by atoms with Crippen molar-refractivity contribution >= 4 is 23.4 Å². The predicted octanol–water partition coefficient (Wildman–Crippen LogP) is 0.879. The fourth-order valence-corrected chi connectivity index (χ4v) is 3.10. The van der Waals surface area contributed by atoms with Crippen LogP contribution >= 0.6 is 11.6 Å². The summed E-state index contributed by atoms with van der Waals surface area (Å²) in [5.74, 6) is -0.262. The molecule has 24 heavy (non-hydrogen) atoms. The monoisotopic (exact) mass is 352 g/mol. The maximum Gasteiger partial charge on any atom is 0.244 e. The molecule has 0 aliphatic carbocycles. The number of carbonyl (C=O) groups is 2. The Balaban J connectivity index is 2.00. The third-order valence-electron chi connectivity index (χ3n) is 4.12. The summed E-state index contributed by atoms with van der Waals surface area (Å²) in [6.07, 6.45) is 0. The molecule has 2 N–H and O–H groups in total. The lowest BCUT2D eigenvalue weighted by molar-refractivity contribution is -0.134. The zero-order valence-corrected chi connectivity index (χ0v) is 15.1. The van der Waals surface area contributed by atoms with Gasteiger partial charge in [-0.2, -0.15) is 0 Å². The molecule has 132 valence electrons. The Morgan fingerprint density at radius 1 is 1.46 bits per heavy atom. The lowest BCUT2D eigenvalue weighted by atomic mass is 10.0. The first kappa shape index (κ1) is 18.7. The van der Waals surface area contributed by atoms with Crippen LogP contribution in [-0.4, -0.2) is 67.9 Å². The maximum atomic E-state index is 12.3. The molecule has 6 nitrogen and oxygen atoms in total. The van der Waals surface area contributed by atoms with Gasteiger partial charge in [0.1, 0.15) is 6.04 Å². The van der Waals surface area contributed by atoms with E-state index in [1.165, 1.54) is 4.90 Å². The van der Waals surface area contributed by atoms with Crippen molar-refractivity contribution in [2.75, 3.05) is 40.3 Å². The smallest absolute Gasteiger partial charge is 0.244 e. The van der Waals surface area contributed by atoms with E-state index in [0.717, 1.165) is 25.2 Å². The Bertz CT molecular complexity index is 594. The van der Waals surface area contributed by atoms with E-state index in [4.69, 9.17) is 11.6 Å². The lowest BCUT2D eigenvalue weighted by Gasteiger charge is -2.36. The number of amides is 2. The first-order valence-corrected chi connectivity index (χ1v) is 8.47. The van der Waals surface area contributed by atoms with Crippen molar-refractivity contribution < 1.29 is 9.59 Å². The van der Waals surface area contributed by atoms with Gasteiger partial charge < -0.3 is 15.5 Å². The van der Waals surface area contributed by atoms with Crippen LogP contribution in [0.5, 0.6) is 0 Å². The second kappa shape index (κ2) is 8.46. The molecule has 2 unspecified atom stereocenters. The minimum atomic E-state index is -0.528. The number of rotatable bonds is 5. The summed E-state index contributed by atoms with van der Waals surface area (Å²) in [7, 11) is 3.35. The molecule has 1 aromatic rings. The lowest BCUT2D eigenvalue weighted by Crippen LogP contribution is -2.52. The van der Waals surface area contributed by atoms with Gasteiger partial charge in [-0.05, 0) is 24.6 Å². The van der Waals surface area contributed by atoms with Crippen molar-refractivity contribution in [2.45, 2.75) is 19.0 Å². The van der Waals surface area contributed by atoms with Crippen molar-refractivity contribution in [2.24, 2.45) is 0 Å². The predicted molar refractivity (Wildman–Crippen MR) is 94.9 cm³/mol. The van der Waals surface area contributed by atoms with Crippen LogP contribution in [0, 0.1) is 0 Å². The molecule has 0 bridgehead atoms. The summed E-state index contributed by atoms with van der Waals surface area (Å²) < 4.78 is 0. The number of nitrogens with zero attached hydrogens (tertiary/aromatic N) is 2. The third-order valence-corrected chi connectivity index (χ3v) is 4.36. The molecular formula is C17H25ClN4O2. The van der Waals surface area contributed by atoms with Gasteiger partial charge in [-0.15, -0.1) is 0 Å². The highest BCUT2D eigenvalue weighted by atomic mass is 35.5. The maximum absolute atomic E-state index is 12.3. The van der Waals surface area contributed by atoms with Crippen LogP contribution in [-0.2, 0) is 9.59 Å². The van der Waals surface area contributed by atoms with Gasteiger partial charge >= 0.3 is 0 Å². The molecule has 2 atom stereocenters. The minimum absolute atomic E-state index is 0.0862. The van der Waals surface area contributed by atoms with E-state index in [-0.39, 0.29) is 24.4 Å². The minimum Gasteiger partial charge on any atom is -0.347 e. The van der Waals surface area contributed by atoms with Crippen LogP contribution in [0.2, 0.25) is 5.02 Å². The molecule has 0 radical (unpaired) electrons. The normalized spacial score (nSPS) is 19.6. The fourth-order valence-electron chi connectivity index (χ4n) is 2.90. The van der Waals surface area contributed by atoms with E-state index < -0.39 is 6.04 Å². The van der Waals surface area contributed by atoms with Gasteiger partial charge in [0.05, 0.1) is 6.54 Å². The Labute approximate surface area is 148 Å². The number of hydrogen-bond donors (Lipinski definition) is 2. The summed E-state index contributed by atoms with van der Waals surface area (Å²) in [6, 6.07) is 7.27. The molecule has 1 aliphatic heterocycles. The van der Waals surface area contributed by atoms with E-state index in [2.05, 4.69) is 15.5 Å². The Morgan fingerprint density at radius 2 is 2.21 bits per heavy atom. The van der Waals surface area contributed by atoms with Crippen LogP contribution in [0.15, 0.2) is 24.3 Å². The van der Waals surface area contributed by atoms with E-state index in [0.29, 0.717) is 5.02 Å². The molecular weight excluding hydrogens is 328 g/mol. The van der Waals surface area contributed by atoms with Gasteiger partial charge in [-0.25, -0.2) is 0 Å². The summed E-state index contributed by atoms with van der Waals surface area (Å²) in [5.41, 5.74) is 1.08. The topological polar surface area (TPSA) is 64.7 Å². The van der Waals surface area contributed by atoms with Crippen LogP contribution in [0.4, 0.5) is 0 Å². The van der Waals surface area contributed by atoms with Gasteiger partial charge in [-0.3, -0.25) is 14.5 Å². The zero-order chi connectivity index (χ0) is 17.7. The molecule has 1 saturated heterocycles. The molecule has 0 saturated carbocycles. The van der Waals surface area contributed by atoms with E-state index in [1.54, 1.807) is 21.0 Å². The number of halogens is 1. The van der Waals surface area contributed by atoms with Crippen molar-refractivity contribution in [1.82, 2.24) is 20.4 Å². The first-order valence-electron chi connectivity index (χ1n) is 8.09. The SMILES string of the molecule is CC(NC(=O)CN1CCNCC1c1cccc(Cl)c1)C(=O)N(C)C. The molecule has 1 aromatic carbocycles. The van der Waals surface area contributed by atoms with Crippen LogP contribution in [0.25, 0.3) is 0 Å². The quantitative estimate of drug-likeness (QED) is 0.825. The summed E-state index contributed by atoms with van der Waals surface area (Å²) in [6.45, 7) is 4.31. The second-order valence-corrected chi connectivity index (χ2v) is 6.70. The van der Waals surface area contributed by atoms with Crippen molar-refractivity contribution in [1.29, 1.82) is 0 Å². The molecule has 2 rings (SSSR count). The molecule has 2 amide bonds. The molecule has 1 fully saturated rings. The average molecular weight is 353 g/mol. The van der Waals surface area contributed by atoms with Gasteiger partial charge in [0.15, 0.2) is 0 Å². The molecule has 1 aliphatic rings. The van der Waals surface area contributed by atoms with E-state index in [9.17, 15) is 9.59 Å². The second-order valence-electron chi connectivity index (χ2n) is 6.27. The van der Waals surface area contributed by atoms with Crippen LogP contribution in [0.1, 0.15) is 18.5 Å². The Morgan fingerprint density at radius 3 is 2.88 bits per heavy atom. The summed E-state index contributed by atoms with van der Waals surface area (Å²) in [4.78, 5) is 27.8.